The molecule has 0 aromatic heterocycles. The highest BCUT2D eigenvalue weighted by Crippen LogP contribution is 2.30. The zero-order valence-corrected chi connectivity index (χ0v) is 8.74. The maximum absolute atomic E-state index is 11.7. The lowest BCUT2D eigenvalue weighted by Gasteiger charge is -2.36. The van der Waals surface area contributed by atoms with E-state index in [0.717, 1.165) is 0 Å². The largest absolute Gasteiger partial charge is 0.469 e. The van der Waals surface area contributed by atoms with Gasteiger partial charge in [0.05, 0.1) is 13.7 Å². The highest BCUT2D eigenvalue weighted by molar-refractivity contribution is 6.09. The second-order valence-electron chi connectivity index (χ2n) is 3.78. The van der Waals surface area contributed by atoms with Gasteiger partial charge in [0.2, 0.25) is 0 Å². The van der Waals surface area contributed by atoms with Gasteiger partial charge in [0.1, 0.15) is 11.5 Å². The van der Waals surface area contributed by atoms with Gasteiger partial charge in [-0.05, 0) is 0 Å². The maximum Gasteiger partial charge on any atom is 0.322 e. The number of esters is 1. The van der Waals surface area contributed by atoms with Gasteiger partial charge in [-0.1, -0.05) is 0 Å². The summed E-state index contributed by atoms with van der Waals surface area (Å²) >= 11 is 0. The van der Waals surface area contributed by atoms with Crippen LogP contribution in [0, 0.1) is 5.92 Å². The van der Waals surface area contributed by atoms with Crippen LogP contribution in [0.1, 0.15) is 6.42 Å². The molecule has 7 nitrogen and oxygen atoms in total. The van der Waals surface area contributed by atoms with E-state index in [1.165, 1.54) is 7.11 Å². The van der Waals surface area contributed by atoms with Crippen molar-refractivity contribution in [1.29, 1.82) is 0 Å². The fourth-order valence-electron chi connectivity index (χ4n) is 2.09. The maximum atomic E-state index is 11.7. The third-order valence-corrected chi connectivity index (χ3v) is 2.97. The Kier molecular flexibility index (Phi) is 2.55. The van der Waals surface area contributed by atoms with Gasteiger partial charge >= 0.3 is 12.0 Å². The van der Waals surface area contributed by atoms with E-state index in [0.29, 0.717) is 6.61 Å². The lowest BCUT2D eigenvalue weighted by Crippen LogP contribution is -2.60. The molecule has 0 aromatic rings. The van der Waals surface area contributed by atoms with Crippen molar-refractivity contribution in [2.45, 2.75) is 12.0 Å². The van der Waals surface area contributed by atoms with Crippen LogP contribution < -0.4 is 10.6 Å². The van der Waals surface area contributed by atoms with Crippen LogP contribution in [-0.2, 0) is 19.1 Å². The Hall–Kier alpha value is -1.63. The standard InChI is InChI=1S/C9H12N2O5/c1-15-6(12)5-4-16-3-2-9(5)7(13)10-8(14)11-9/h5H,2-4H2,1H3,(H2,10,11,13,14). The van der Waals surface area contributed by atoms with E-state index in [4.69, 9.17) is 4.74 Å². The minimum Gasteiger partial charge on any atom is -0.469 e. The summed E-state index contributed by atoms with van der Waals surface area (Å²) in [6, 6.07) is -0.583. The molecule has 2 rings (SSSR count). The number of carbonyl (C=O) groups excluding carboxylic acids is 3. The highest BCUT2D eigenvalue weighted by atomic mass is 16.5. The zero-order valence-electron chi connectivity index (χ0n) is 8.74. The van der Waals surface area contributed by atoms with Crippen molar-refractivity contribution in [2.75, 3.05) is 20.3 Å². The van der Waals surface area contributed by atoms with E-state index in [1.54, 1.807) is 0 Å². The van der Waals surface area contributed by atoms with Crippen molar-refractivity contribution in [3.63, 3.8) is 0 Å². The fourth-order valence-corrected chi connectivity index (χ4v) is 2.09. The van der Waals surface area contributed by atoms with Crippen molar-refractivity contribution >= 4 is 17.9 Å². The Balaban J connectivity index is 2.31. The molecule has 0 radical (unpaired) electrons. The van der Waals surface area contributed by atoms with Crippen molar-refractivity contribution < 1.29 is 23.9 Å². The molecule has 0 saturated carbocycles. The van der Waals surface area contributed by atoms with Gasteiger partial charge < -0.3 is 14.8 Å². The van der Waals surface area contributed by atoms with E-state index in [2.05, 4.69) is 15.4 Å². The number of urea groups is 1. The number of carbonyl (C=O) groups is 3. The minimum absolute atomic E-state index is 0.0698. The van der Waals surface area contributed by atoms with Crippen LogP contribution >= 0.6 is 0 Å². The topological polar surface area (TPSA) is 93.7 Å². The van der Waals surface area contributed by atoms with E-state index in [1.807, 2.05) is 0 Å². The average Bonchev–Trinajstić information content (AvgIpc) is 2.54. The summed E-state index contributed by atoms with van der Waals surface area (Å²) in [6.07, 6.45) is 0.268. The quantitative estimate of drug-likeness (QED) is 0.433. The van der Waals surface area contributed by atoms with Gasteiger partial charge in [-0.2, -0.15) is 0 Å². The minimum atomic E-state index is -1.21. The average molecular weight is 228 g/mol. The Bertz CT molecular complexity index is 356. The zero-order chi connectivity index (χ0) is 11.8. The van der Waals surface area contributed by atoms with E-state index in [9.17, 15) is 14.4 Å². The van der Waals surface area contributed by atoms with Crippen molar-refractivity contribution in [3.8, 4) is 0 Å². The van der Waals surface area contributed by atoms with Crippen LogP contribution in [0.5, 0.6) is 0 Å². The number of hydrogen-bond donors (Lipinski definition) is 2. The van der Waals surface area contributed by atoms with Crippen LogP contribution in [0.2, 0.25) is 0 Å². The van der Waals surface area contributed by atoms with Gasteiger partial charge in [0.25, 0.3) is 5.91 Å². The molecule has 2 saturated heterocycles. The first-order chi connectivity index (χ1) is 7.60. The molecule has 0 bridgehead atoms. The summed E-state index contributed by atoms with van der Waals surface area (Å²) in [6.45, 7) is 0.390. The number of nitrogens with one attached hydrogen (secondary N) is 2. The van der Waals surface area contributed by atoms with Crippen LogP contribution in [0.4, 0.5) is 4.79 Å². The smallest absolute Gasteiger partial charge is 0.322 e. The molecular weight excluding hydrogens is 216 g/mol. The molecule has 2 N–H and O–H groups in total. The van der Waals surface area contributed by atoms with E-state index in [-0.39, 0.29) is 13.0 Å². The fraction of sp³-hybridized carbons (Fsp3) is 0.667. The van der Waals surface area contributed by atoms with E-state index < -0.39 is 29.4 Å². The third-order valence-electron chi connectivity index (χ3n) is 2.97. The first-order valence-corrected chi connectivity index (χ1v) is 4.89. The predicted octanol–water partition coefficient (Wildman–Crippen LogP) is -1.23. The number of methoxy groups -OCH3 is 1. The molecule has 2 aliphatic rings. The Morgan fingerprint density at radius 2 is 2.31 bits per heavy atom. The summed E-state index contributed by atoms with van der Waals surface area (Å²) < 4.78 is 9.75. The summed E-state index contributed by atoms with van der Waals surface area (Å²) in [7, 11) is 1.24. The van der Waals surface area contributed by atoms with Crippen molar-refractivity contribution in [2.24, 2.45) is 5.92 Å². The highest BCUT2D eigenvalue weighted by Gasteiger charge is 2.56. The second-order valence-corrected chi connectivity index (χ2v) is 3.78. The number of ether oxygens (including phenoxy) is 2. The predicted molar refractivity (Wildman–Crippen MR) is 50.3 cm³/mol. The molecule has 2 heterocycles. The Labute approximate surface area is 91.5 Å². The molecule has 2 unspecified atom stereocenters. The summed E-state index contributed by atoms with van der Waals surface area (Å²) in [5.74, 6) is -1.84. The number of imide groups is 1. The van der Waals surface area contributed by atoms with Crippen LogP contribution in [0.15, 0.2) is 0 Å². The molecule has 2 atom stereocenters. The molecule has 0 aromatic carbocycles. The third kappa shape index (κ3) is 1.44. The van der Waals surface area contributed by atoms with Gasteiger partial charge in [-0.3, -0.25) is 14.9 Å². The molecular formula is C9H12N2O5. The first kappa shape index (κ1) is 10.9. The molecule has 16 heavy (non-hydrogen) atoms. The lowest BCUT2D eigenvalue weighted by molar-refractivity contribution is -0.158. The number of rotatable bonds is 1. The molecule has 0 aliphatic carbocycles. The van der Waals surface area contributed by atoms with Crippen LogP contribution in [0.3, 0.4) is 0 Å². The molecule has 2 fully saturated rings. The molecule has 1 spiro atoms. The van der Waals surface area contributed by atoms with Gasteiger partial charge in [-0.25, -0.2) is 4.79 Å². The molecule has 2 aliphatic heterocycles. The van der Waals surface area contributed by atoms with Crippen molar-refractivity contribution in [3.05, 3.63) is 0 Å². The number of amides is 3. The molecule has 88 valence electrons. The first-order valence-electron chi connectivity index (χ1n) is 4.89. The molecule has 7 heteroatoms. The van der Waals surface area contributed by atoms with Gasteiger partial charge in [-0.15, -0.1) is 0 Å². The summed E-state index contributed by atoms with van der Waals surface area (Å²) in [5, 5.41) is 4.64. The lowest BCUT2D eigenvalue weighted by atomic mass is 9.80. The second kappa shape index (κ2) is 3.75. The van der Waals surface area contributed by atoms with E-state index >= 15 is 0 Å². The molecule has 3 amide bonds. The Morgan fingerprint density at radius 3 is 2.88 bits per heavy atom. The SMILES string of the molecule is COC(=O)C1COCCC12NC(=O)NC2=O. The summed E-state index contributed by atoms with van der Waals surface area (Å²) in [5.41, 5.74) is -1.21. The van der Waals surface area contributed by atoms with Gasteiger partial charge in [0, 0.05) is 13.0 Å². The Morgan fingerprint density at radius 1 is 1.56 bits per heavy atom. The number of hydrogen-bond acceptors (Lipinski definition) is 5. The summed E-state index contributed by atoms with van der Waals surface area (Å²) in [4.78, 5) is 34.4. The van der Waals surface area contributed by atoms with Crippen LogP contribution in [0.25, 0.3) is 0 Å². The van der Waals surface area contributed by atoms with Crippen LogP contribution in [-0.4, -0.2) is 43.8 Å². The van der Waals surface area contributed by atoms with Crippen molar-refractivity contribution in [1.82, 2.24) is 10.6 Å². The van der Waals surface area contributed by atoms with Gasteiger partial charge in [0.15, 0.2) is 0 Å². The monoisotopic (exact) mass is 228 g/mol. The normalized spacial score (nSPS) is 33.4.